The van der Waals surface area contributed by atoms with Gasteiger partial charge in [-0.05, 0) is 12.5 Å². The summed E-state index contributed by atoms with van der Waals surface area (Å²) >= 11 is 0. The monoisotopic (exact) mass is 170 g/mol. The Hall–Kier alpha value is -1.29. The molecule has 0 aliphatic rings. The van der Waals surface area contributed by atoms with Gasteiger partial charge in [-0.25, -0.2) is 0 Å². The highest BCUT2D eigenvalue weighted by molar-refractivity contribution is 5.26. The van der Waals surface area contributed by atoms with Crippen LogP contribution < -0.4 is 4.74 Å². The van der Waals surface area contributed by atoms with Crippen molar-refractivity contribution in [1.82, 2.24) is 4.98 Å². The summed E-state index contributed by atoms with van der Waals surface area (Å²) in [5.41, 5.74) is 0.651. The zero-order valence-corrected chi connectivity index (χ0v) is 6.87. The zero-order valence-electron chi connectivity index (χ0n) is 6.87. The van der Waals surface area contributed by atoms with Gasteiger partial charge in [0.2, 0.25) is 5.88 Å². The fourth-order valence-corrected chi connectivity index (χ4v) is 0.872. The third-order valence-corrected chi connectivity index (χ3v) is 1.34. The Morgan fingerprint density at radius 1 is 1.58 bits per heavy atom. The number of pyridine rings is 1. The van der Waals surface area contributed by atoms with Gasteiger partial charge in [-0.15, -0.1) is 4.98 Å². The maximum absolute atomic E-state index is 8.79. The van der Waals surface area contributed by atoms with Gasteiger partial charge in [0.15, 0.2) is 0 Å². The molecule has 0 spiro atoms. The molecule has 0 aromatic carbocycles. The average molecular weight is 170 g/mol. The number of ether oxygens (including phenoxy) is 1. The maximum atomic E-state index is 8.79. The molecule has 0 aliphatic carbocycles. The van der Waals surface area contributed by atoms with E-state index in [2.05, 4.69) is 4.98 Å². The highest BCUT2D eigenvalue weighted by Crippen LogP contribution is 2.16. The molecule has 3 N–H and O–H groups in total. The van der Waals surface area contributed by atoms with E-state index in [1.54, 1.807) is 6.07 Å². The first-order valence-corrected chi connectivity index (χ1v) is 3.72. The van der Waals surface area contributed by atoms with E-state index in [1.807, 2.05) is 6.92 Å². The lowest BCUT2D eigenvalue weighted by atomic mass is 10.3. The van der Waals surface area contributed by atoms with Gasteiger partial charge in [-0.2, -0.15) is 0 Å². The van der Waals surface area contributed by atoms with E-state index >= 15 is 0 Å². The van der Waals surface area contributed by atoms with Crippen LogP contribution in [0, 0.1) is 0 Å². The second-order valence-corrected chi connectivity index (χ2v) is 2.29. The first-order chi connectivity index (χ1) is 5.76. The summed E-state index contributed by atoms with van der Waals surface area (Å²) in [6.07, 6.45) is 0. The van der Waals surface area contributed by atoms with Crippen molar-refractivity contribution in [3.8, 4) is 11.8 Å². The van der Waals surface area contributed by atoms with Crippen molar-refractivity contribution >= 4 is 0 Å². The van der Waals surface area contributed by atoms with Gasteiger partial charge in [0.25, 0.3) is 0 Å². The number of aromatic nitrogens is 1. The van der Waals surface area contributed by atoms with Crippen molar-refractivity contribution < 1.29 is 14.9 Å². The Labute approximate surface area is 70.4 Å². The Kier molecular flexibility index (Phi) is 2.88. The standard InChI is InChI=1S/C8H11NO3/c1-2-12-8-4-6(5-10)3-7(11)9-8/h3-4,10H,2,5H2,1H3,(H,9,11)/p+1. The lowest BCUT2D eigenvalue weighted by Gasteiger charge is -2.02. The summed E-state index contributed by atoms with van der Waals surface area (Å²) in [4.78, 5) is 3.80. The molecule has 0 fully saturated rings. The fraction of sp³-hybridized carbons (Fsp3) is 0.375. The molecular weight excluding hydrogens is 158 g/mol. The highest BCUT2D eigenvalue weighted by Gasteiger charge is 2.03. The molecule has 4 heteroatoms. The van der Waals surface area contributed by atoms with E-state index in [1.165, 1.54) is 6.07 Å². The molecular formula is C8H12NO3+. The van der Waals surface area contributed by atoms with Crippen LogP contribution in [0.5, 0.6) is 11.8 Å². The first-order valence-electron chi connectivity index (χ1n) is 3.72. The van der Waals surface area contributed by atoms with E-state index < -0.39 is 0 Å². The lowest BCUT2D eigenvalue weighted by molar-refractivity contribution is 0.277. The summed E-state index contributed by atoms with van der Waals surface area (Å²) in [6, 6.07) is 3.13. The quantitative estimate of drug-likeness (QED) is 0.668. The Bertz CT molecular complexity index is 262. The zero-order chi connectivity index (χ0) is 8.97. The molecule has 0 aliphatic heterocycles. The molecule has 0 unspecified atom stereocenters. The number of aliphatic hydroxyl groups is 1. The predicted octanol–water partition coefficient (Wildman–Crippen LogP) is 0.410. The third kappa shape index (κ3) is 2.10. The van der Waals surface area contributed by atoms with E-state index in [0.717, 1.165) is 0 Å². The van der Waals surface area contributed by atoms with Crippen LogP contribution in [0.1, 0.15) is 12.5 Å². The molecule has 1 aromatic heterocycles. The van der Waals surface area contributed by atoms with E-state index in [9.17, 15) is 0 Å². The predicted molar refractivity (Wildman–Crippen MR) is 44.4 cm³/mol. The van der Waals surface area contributed by atoms with Gasteiger partial charge in [0.1, 0.15) is 0 Å². The van der Waals surface area contributed by atoms with Gasteiger partial charge >= 0.3 is 5.88 Å². The number of aliphatic hydroxyl groups excluding tert-OH is 1. The summed E-state index contributed by atoms with van der Waals surface area (Å²) in [7, 11) is 0. The summed E-state index contributed by atoms with van der Waals surface area (Å²) in [5, 5.41) is 16.0. The number of nitrogens with zero attached hydrogens (tertiary/aromatic N) is 1. The maximum Gasteiger partial charge on any atom is 0.360 e. The number of hydrogen-bond acceptors (Lipinski definition) is 3. The molecule has 0 radical (unpaired) electrons. The third-order valence-electron chi connectivity index (χ3n) is 1.34. The van der Waals surface area contributed by atoms with Crippen LogP contribution in [0.2, 0.25) is 0 Å². The van der Waals surface area contributed by atoms with Crippen LogP contribution in [0.15, 0.2) is 12.1 Å². The van der Waals surface area contributed by atoms with Crippen molar-refractivity contribution in [2.75, 3.05) is 6.61 Å². The smallest absolute Gasteiger partial charge is 0.360 e. The van der Waals surface area contributed by atoms with Gasteiger partial charge in [0, 0.05) is 6.07 Å². The van der Waals surface area contributed by atoms with Crippen molar-refractivity contribution in [2.24, 2.45) is 0 Å². The molecule has 1 heterocycles. The molecule has 12 heavy (non-hydrogen) atoms. The van der Waals surface area contributed by atoms with Crippen LogP contribution >= 0.6 is 0 Å². The second kappa shape index (κ2) is 3.92. The fourth-order valence-electron chi connectivity index (χ4n) is 0.872. The molecule has 0 bridgehead atoms. The highest BCUT2D eigenvalue weighted by atomic mass is 16.5. The number of rotatable bonds is 3. The van der Waals surface area contributed by atoms with E-state index in [4.69, 9.17) is 14.9 Å². The van der Waals surface area contributed by atoms with Gasteiger partial charge in [0.05, 0.1) is 19.3 Å². The van der Waals surface area contributed by atoms with Gasteiger partial charge in [-0.1, -0.05) is 0 Å². The van der Waals surface area contributed by atoms with E-state index in [0.29, 0.717) is 18.1 Å². The van der Waals surface area contributed by atoms with Crippen LogP contribution in [0.3, 0.4) is 0 Å². The molecule has 0 saturated carbocycles. The Balaban J connectivity index is 2.90. The minimum atomic E-state index is -0.0888. The van der Waals surface area contributed by atoms with Gasteiger partial charge in [-0.3, -0.25) is 0 Å². The largest absolute Gasteiger partial charge is 0.579 e. The normalized spacial score (nSPS) is 9.83. The molecule has 0 saturated heterocycles. The molecule has 66 valence electrons. The van der Waals surface area contributed by atoms with Crippen molar-refractivity contribution in [3.05, 3.63) is 17.7 Å². The summed E-state index contributed by atoms with van der Waals surface area (Å²) in [5.74, 6) is 0.513. The van der Waals surface area contributed by atoms with Crippen LogP contribution in [-0.2, 0) is 6.61 Å². The van der Waals surface area contributed by atoms with Crippen molar-refractivity contribution in [3.63, 3.8) is 0 Å². The Morgan fingerprint density at radius 2 is 2.33 bits per heavy atom. The van der Waals surface area contributed by atoms with Crippen LogP contribution in [-0.4, -0.2) is 21.8 Å². The van der Waals surface area contributed by atoms with Crippen molar-refractivity contribution in [2.45, 2.75) is 13.5 Å². The first kappa shape index (κ1) is 8.80. The second-order valence-electron chi connectivity index (χ2n) is 2.29. The summed E-state index contributed by atoms with van der Waals surface area (Å²) < 4.78 is 5.09. The minimum absolute atomic E-state index is 0.0888. The van der Waals surface area contributed by atoms with Crippen LogP contribution in [0.25, 0.3) is 0 Å². The summed E-state index contributed by atoms with van der Waals surface area (Å²) in [6.45, 7) is 2.27. The molecule has 0 atom stereocenters. The molecule has 1 rings (SSSR count). The average Bonchev–Trinajstić information content (AvgIpc) is 2.04. The topological polar surface area (TPSA) is 65.2 Å². The molecule has 0 amide bonds. The van der Waals surface area contributed by atoms with Crippen molar-refractivity contribution in [1.29, 1.82) is 0 Å². The molecule has 1 aromatic rings. The molecule has 4 nitrogen and oxygen atoms in total. The number of hydrogen-bond donors (Lipinski definition) is 1. The minimum Gasteiger partial charge on any atom is -0.579 e. The van der Waals surface area contributed by atoms with Crippen LogP contribution in [0.4, 0.5) is 0 Å². The Morgan fingerprint density at radius 3 is 2.92 bits per heavy atom. The SMILES string of the molecule is CCOc1cc(CO)cc([OH2+])n1. The lowest BCUT2D eigenvalue weighted by Crippen LogP contribution is -1.95. The van der Waals surface area contributed by atoms with Gasteiger partial charge < -0.3 is 14.9 Å². The van der Waals surface area contributed by atoms with E-state index in [-0.39, 0.29) is 12.5 Å².